The fraction of sp³-hybridized carbons (Fsp3) is 0.389. The maximum Gasteiger partial charge on any atom is 0.373 e. The van der Waals surface area contributed by atoms with E-state index >= 15 is 0 Å². The third-order valence-electron chi connectivity index (χ3n) is 4.91. The van der Waals surface area contributed by atoms with Crippen molar-refractivity contribution < 1.29 is 14.4 Å². The molecule has 0 amide bonds. The lowest BCUT2D eigenvalue weighted by Crippen LogP contribution is -2.39. The number of nitro groups is 1. The number of methoxy groups -OCH3 is 2. The summed E-state index contributed by atoms with van der Waals surface area (Å²) in [6, 6.07) is 5.96. The molecule has 0 atom stereocenters. The number of fused-ring (bicyclic) bond motifs is 1. The third-order valence-corrected chi connectivity index (χ3v) is 5.67. The number of hydrogen-bond acceptors (Lipinski definition) is 8. The van der Waals surface area contributed by atoms with Gasteiger partial charge in [-0.2, -0.15) is 9.38 Å². The van der Waals surface area contributed by atoms with Crippen molar-refractivity contribution in [2.24, 2.45) is 0 Å². The summed E-state index contributed by atoms with van der Waals surface area (Å²) in [4.78, 5) is 18.3. The summed E-state index contributed by atoms with van der Waals surface area (Å²) >= 11 is 1.40. The minimum atomic E-state index is -0.352. The van der Waals surface area contributed by atoms with Crippen LogP contribution in [0, 0.1) is 10.1 Å². The van der Waals surface area contributed by atoms with Crippen molar-refractivity contribution in [2.45, 2.75) is 18.9 Å². The smallest absolute Gasteiger partial charge is 0.373 e. The molecule has 0 saturated carbocycles. The Balaban J connectivity index is 1.46. The molecule has 1 fully saturated rings. The number of thiazole rings is 1. The van der Waals surface area contributed by atoms with Crippen molar-refractivity contribution in [3.63, 3.8) is 0 Å². The van der Waals surface area contributed by atoms with Gasteiger partial charge in [0.2, 0.25) is 5.82 Å². The molecule has 1 N–H and O–H groups in total. The molecule has 2 aromatic heterocycles. The Morgan fingerprint density at radius 3 is 2.50 bits per heavy atom. The molecule has 9 nitrogen and oxygen atoms in total. The van der Waals surface area contributed by atoms with Crippen LogP contribution in [-0.2, 0) is 0 Å². The Labute approximate surface area is 165 Å². The summed E-state index contributed by atoms with van der Waals surface area (Å²) < 4.78 is 12.2. The lowest BCUT2D eigenvalue weighted by Gasteiger charge is -2.32. The first-order chi connectivity index (χ1) is 13.6. The second-order valence-electron chi connectivity index (χ2n) is 6.58. The van der Waals surface area contributed by atoms with E-state index < -0.39 is 0 Å². The van der Waals surface area contributed by atoms with Gasteiger partial charge in [-0.3, -0.25) is 0 Å². The molecule has 28 heavy (non-hydrogen) atoms. The van der Waals surface area contributed by atoms with Crippen molar-refractivity contribution in [3.8, 4) is 11.5 Å². The van der Waals surface area contributed by atoms with Crippen LogP contribution in [0.5, 0.6) is 11.5 Å². The second kappa shape index (κ2) is 7.55. The van der Waals surface area contributed by atoms with Crippen LogP contribution >= 0.6 is 11.3 Å². The van der Waals surface area contributed by atoms with Crippen LogP contribution in [0.1, 0.15) is 12.8 Å². The largest absolute Gasteiger partial charge is 0.497 e. The van der Waals surface area contributed by atoms with Gasteiger partial charge in [-0.15, -0.1) is 0 Å². The molecule has 3 heterocycles. The highest BCUT2D eigenvalue weighted by molar-refractivity contribution is 7.15. The van der Waals surface area contributed by atoms with E-state index in [9.17, 15) is 10.1 Å². The van der Waals surface area contributed by atoms with Gasteiger partial charge in [-0.05, 0) is 17.8 Å². The molecule has 0 aliphatic carbocycles. The van der Waals surface area contributed by atoms with Gasteiger partial charge in [0.05, 0.1) is 14.2 Å². The van der Waals surface area contributed by atoms with E-state index in [1.165, 1.54) is 11.3 Å². The van der Waals surface area contributed by atoms with Gasteiger partial charge < -0.3 is 29.8 Å². The predicted molar refractivity (Wildman–Crippen MR) is 108 cm³/mol. The van der Waals surface area contributed by atoms with Crippen LogP contribution < -0.4 is 19.7 Å². The highest BCUT2D eigenvalue weighted by Crippen LogP contribution is 2.33. The fourth-order valence-corrected chi connectivity index (χ4v) is 4.21. The van der Waals surface area contributed by atoms with Crippen LogP contribution in [-0.4, -0.2) is 47.7 Å². The minimum Gasteiger partial charge on any atom is -0.497 e. The third kappa shape index (κ3) is 3.42. The molecule has 4 rings (SSSR count). The maximum atomic E-state index is 11.6. The van der Waals surface area contributed by atoms with E-state index in [0.717, 1.165) is 30.0 Å². The first-order valence-corrected chi connectivity index (χ1v) is 9.81. The van der Waals surface area contributed by atoms with Crippen LogP contribution in [0.4, 0.5) is 17.3 Å². The van der Waals surface area contributed by atoms with Gasteiger partial charge in [0, 0.05) is 48.4 Å². The predicted octanol–water partition coefficient (Wildman–Crippen LogP) is 3.40. The van der Waals surface area contributed by atoms with Gasteiger partial charge in [-0.25, -0.2) is 0 Å². The monoisotopic (exact) mass is 403 g/mol. The summed E-state index contributed by atoms with van der Waals surface area (Å²) in [5.41, 5.74) is 0.933. The molecule has 0 unspecified atom stereocenters. The lowest BCUT2D eigenvalue weighted by molar-refractivity contribution is -0.389. The SMILES string of the molecule is COc1cc(NC2CCN(c3nc4sccn4c3[N+](=O)[O-])CC2)cc(OC)c1. The van der Waals surface area contributed by atoms with E-state index in [1.807, 2.05) is 23.1 Å². The highest BCUT2D eigenvalue weighted by atomic mass is 32.1. The van der Waals surface area contributed by atoms with Crippen molar-refractivity contribution >= 4 is 33.6 Å². The van der Waals surface area contributed by atoms with Gasteiger partial charge in [0.25, 0.3) is 4.96 Å². The first kappa shape index (κ1) is 18.4. The zero-order chi connectivity index (χ0) is 19.7. The summed E-state index contributed by atoms with van der Waals surface area (Å²) in [7, 11) is 3.25. The van der Waals surface area contributed by atoms with E-state index in [-0.39, 0.29) is 16.8 Å². The maximum absolute atomic E-state index is 11.6. The summed E-state index contributed by atoms with van der Waals surface area (Å²) in [6.07, 6.45) is 3.39. The molecule has 1 aromatic carbocycles. The van der Waals surface area contributed by atoms with Crippen LogP contribution in [0.2, 0.25) is 0 Å². The molecule has 3 aromatic rings. The Morgan fingerprint density at radius 1 is 1.21 bits per heavy atom. The molecule has 10 heteroatoms. The van der Waals surface area contributed by atoms with Crippen molar-refractivity contribution in [3.05, 3.63) is 39.9 Å². The minimum absolute atomic E-state index is 0.0418. The Bertz CT molecular complexity index is 971. The average molecular weight is 403 g/mol. The molecule has 0 radical (unpaired) electrons. The summed E-state index contributed by atoms with van der Waals surface area (Å²) in [5.74, 6) is 1.96. The standard InChI is InChI=1S/C18H21N5O4S/c1-26-14-9-13(10-15(11-14)27-2)19-12-3-5-21(6-4-12)16-17(23(24)25)22-7-8-28-18(22)20-16/h7-12,19H,3-6H2,1-2H3. The number of benzene rings is 1. The number of hydrogen-bond donors (Lipinski definition) is 1. The average Bonchev–Trinajstić information content (AvgIpc) is 3.29. The molecular formula is C18H21N5O4S. The number of imidazole rings is 1. The van der Waals surface area contributed by atoms with Crippen molar-refractivity contribution in [2.75, 3.05) is 37.5 Å². The number of piperidine rings is 1. The van der Waals surface area contributed by atoms with Crippen molar-refractivity contribution in [1.29, 1.82) is 0 Å². The molecule has 148 valence electrons. The molecule has 1 aliphatic rings. The van der Waals surface area contributed by atoms with E-state index in [2.05, 4.69) is 10.3 Å². The highest BCUT2D eigenvalue weighted by Gasteiger charge is 2.30. The second-order valence-corrected chi connectivity index (χ2v) is 7.45. The number of ether oxygens (including phenoxy) is 2. The summed E-state index contributed by atoms with van der Waals surface area (Å²) in [6.45, 7) is 1.40. The summed E-state index contributed by atoms with van der Waals surface area (Å²) in [5, 5.41) is 16.9. The normalized spacial score (nSPS) is 15.0. The van der Waals surface area contributed by atoms with Crippen LogP contribution in [0.3, 0.4) is 0 Å². The zero-order valence-electron chi connectivity index (χ0n) is 15.6. The van der Waals surface area contributed by atoms with E-state index in [0.29, 0.717) is 23.9 Å². The van der Waals surface area contributed by atoms with Gasteiger partial charge >= 0.3 is 5.82 Å². The Kier molecular flexibility index (Phi) is 4.95. The first-order valence-electron chi connectivity index (χ1n) is 8.93. The topological polar surface area (TPSA) is 94.2 Å². The lowest BCUT2D eigenvalue weighted by atomic mass is 10.0. The number of nitrogens with one attached hydrogen (secondary N) is 1. The van der Waals surface area contributed by atoms with Crippen molar-refractivity contribution in [1.82, 2.24) is 9.38 Å². The zero-order valence-corrected chi connectivity index (χ0v) is 16.4. The quantitative estimate of drug-likeness (QED) is 0.498. The molecule has 1 aliphatic heterocycles. The number of rotatable bonds is 6. The van der Waals surface area contributed by atoms with Gasteiger partial charge in [0.15, 0.2) is 0 Å². The number of nitrogens with zero attached hydrogens (tertiary/aromatic N) is 4. The van der Waals surface area contributed by atoms with Gasteiger partial charge in [-0.1, -0.05) is 11.3 Å². The van der Waals surface area contributed by atoms with E-state index in [4.69, 9.17) is 9.47 Å². The fourth-order valence-electron chi connectivity index (χ4n) is 3.51. The molecular weight excluding hydrogens is 382 g/mol. The Morgan fingerprint density at radius 2 is 1.89 bits per heavy atom. The van der Waals surface area contributed by atoms with Crippen LogP contribution in [0.15, 0.2) is 29.8 Å². The Hall–Kier alpha value is -3.01. The molecule has 0 spiro atoms. The number of aromatic nitrogens is 2. The van der Waals surface area contributed by atoms with E-state index in [1.54, 1.807) is 30.2 Å². The molecule has 0 bridgehead atoms. The number of anilines is 2. The molecule has 1 saturated heterocycles. The van der Waals surface area contributed by atoms with Crippen LogP contribution in [0.25, 0.3) is 4.96 Å². The van der Waals surface area contributed by atoms with Gasteiger partial charge in [0.1, 0.15) is 17.7 Å².